The number of carbonyl (C=O) groups is 3. The molecule has 0 radical (unpaired) electrons. The topological polar surface area (TPSA) is 84.9 Å². The van der Waals surface area contributed by atoms with Gasteiger partial charge in [0.1, 0.15) is 6.61 Å². The van der Waals surface area contributed by atoms with Gasteiger partial charge in [0.15, 0.2) is 0 Å². The third-order valence-corrected chi connectivity index (χ3v) is 4.99. The molecule has 0 aromatic carbocycles. The van der Waals surface area contributed by atoms with Crippen molar-refractivity contribution >= 4 is 64.5 Å². The summed E-state index contributed by atoms with van der Waals surface area (Å²) in [5.41, 5.74) is 0.849. The molecule has 0 saturated carbocycles. The van der Waals surface area contributed by atoms with Crippen LogP contribution >= 0.6 is 46.6 Å². The number of esters is 1. The van der Waals surface area contributed by atoms with Crippen LogP contribution in [0.2, 0.25) is 0 Å². The molecule has 26 heavy (non-hydrogen) atoms. The molecule has 1 N–H and O–H groups in total. The van der Waals surface area contributed by atoms with Gasteiger partial charge in [-0.3, -0.25) is 9.69 Å². The molecule has 11 heteroatoms. The monoisotopic (exact) mass is 440 g/mol. The van der Waals surface area contributed by atoms with Gasteiger partial charge in [0.05, 0.1) is 18.4 Å². The summed E-state index contributed by atoms with van der Waals surface area (Å²) < 4.78 is 7.95. The van der Waals surface area contributed by atoms with Crippen LogP contribution < -0.4 is 5.32 Å². The zero-order chi connectivity index (χ0) is 19.5. The minimum atomic E-state index is -1.74. The van der Waals surface area contributed by atoms with Crippen LogP contribution in [0.4, 0.5) is 4.79 Å². The third kappa shape index (κ3) is 5.33. The minimum absolute atomic E-state index is 0.114. The van der Waals surface area contributed by atoms with E-state index in [4.69, 9.17) is 44.3 Å². The average molecular weight is 442 g/mol. The van der Waals surface area contributed by atoms with Gasteiger partial charge in [-0.05, 0) is 6.92 Å². The molecule has 0 aromatic rings. The number of nitrogens with one attached hydrogen (secondary N) is 1. The highest BCUT2D eigenvalue weighted by molar-refractivity contribution is 8.03. The van der Waals surface area contributed by atoms with Crippen molar-refractivity contribution in [2.24, 2.45) is 5.92 Å². The number of methoxy groups -OCH3 is 1. The van der Waals surface area contributed by atoms with E-state index in [1.54, 1.807) is 13.0 Å². The lowest BCUT2D eigenvalue weighted by molar-refractivity contribution is -0.136. The molecule has 0 aliphatic carbocycles. The molecular weight excluding hydrogens is 427 g/mol. The van der Waals surface area contributed by atoms with E-state index in [0.717, 1.165) is 9.81 Å². The quantitative estimate of drug-likeness (QED) is 0.535. The highest BCUT2D eigenvalue weighted by Gasteiger charge is 2.33. The van der Waals surface area contributed by atoms with Crippen LogP contribution in [0, 0.1) is 5.92 Å². The average Bonchev–Trinajstić information content (AvgIpc) is 2.58. The zero-order valence-electron chi connectivity index (χ0n) is 13.8. The summed E-state index contributed by atoms with van der Waals surface area (Å²) in [6, 6.07) is 0. The maximum absolute atomic E-state index is 12.2. The number of hydrogen-bond acceptors (Lipinski definition) is 6. The van der Waals surface area contributed by atoms with Crippen LogP contribution in [0.1, 0.15) is 6.92 Å². The molecule has 2 amide bonds. The SMILES string of the molecule is COC(=O)C1=CN(C(=O)OCC(Cl)(Cl)Cl)C=CC1C1=C(C)NC(=O)CS1. The van der Waals surface area contributed by atoms with Crippen LogP contribution in [0.3, 0.4) is 0 Å². The molecule has 0 aromatic heterocycles. The second kappa shape index (κ2) is 8.56. The van der Waals surface area contributed by atoms with Crippen LogP contribution in [-0.4, -0.2) is 46.1 Å². The van der Waals surface area contributed by atoms with Crippen molar-refractivity contribution in [2.45, 2.75) is 10.7 Å². The second-order valence-electron chi connectivity index (χ2n) is 5.30. The number of rotatable bonds is 3. The first-order valence-electron chi connectivity index (χ1n) is 7.26. The number of hydrogen-bond donors (Lipinski definition) is 1. The maximum Gasteiger partial charge on any atom is 0.418 e. The second-order valence-corrected chi connectivity index (χ2v) is 8.83. The molecule has 0 bridgehead atoms. The smallest absolute Gasteiger partial charge is 0.418 e. The van der Waals surface area contributed by atoms with Gasteiger partial charge in [0.25, 0.3) is 0 Å². The number of alkyl halides is 3. The molecule has 1 atom stereocenters. The molecule has 2 aliphatic rings. The minimum Gasteiger partial charge on any atom is -0.466 e. The number of nitrogens with zero attached hydrogens (tertiary/aromatic N) is 1. The van der Waals surface area contributed by atoms with Gasteiger partial charge < -0.3 is 14.8 Å². The van der Waals surface area contributed by atoms with Gasteiger partial charge in [0.2, 0.25) is 9.70 Å². The predicted molar refractivity (Wildman–Crippen MR) is 99.5 cm³/mol. The molecule has 2 heterocycles. The Kier molecular flexibility index (Phi) is 6.90. The van der Waals surface area contributed by atoms with Gasteiger partial charge in [0, 0.05) is 28.9 Å². The fraction of sp³-hybridized carbons (Fsp3) is 0.400. The van der Waals surface area contributed by atoms with Crippen molar-refractivity contribution < 1.29 is 23.9 Å². The summed E-state index contributed by atoms with van der Waals surface area (Å²) in [6.07, 6.45) is 3.55. The van der Waals surface area contributed by atoms with E-state index in [9.17, 15) is 14.4 Å². The Morgan fingerprint density at radius 3 is 2.69 bits per heavy atom. The summed E-state index contributed by atoms with van der Waals surface area (Å²) in [4.78, 5) is 37.6. The Bertz CT molecular complexity index is 715. The summed E-state index contributed by atoms with van der Waals surface area (Å²) in [7, 11) is 1.24. The first-order valence-corrected chi connectivity index (χ1v) is 9.38. The van der Waals surface area contributed by atoms with Crippen LogP contribution in [0.15, 0.2) is 34.7 Å². The van der Waals surface area contributed by atoms with Gasteiger partial charge in [-0.1, -0.05) is 40.9 Å². The molecule has 1 unspecified atom stereocenters. The highest BCUT2D eigenvalue weighted by Crippen LogP contribution is 2.37. The third-order valence-electron chi connectivity index (χ3n) is 3.38. The lowest BCUT2D eigenvalue weighted by Crippen LogP contribution is -2.33. The Balaban J connectivity index is 2.25. The van der Waals surface area contributed by atoms with E-state index in [2.05, 4.69) is 5.32 Å². The van der Waals surface area contributed by atoms with Crippen molar-refractivity contribution in [1.82, 2.24) is 10.2 Å². The Hall–Kier alpha value is -1.35. The summed E-state index contributed by atoms with van der Waals surface area (Å²) in [5.74, 6) is -0.960. The maximum atomic E-state index is 12.2. The summed E-state index contributed by atoms with van der Waals surface area (Å²) >= 11 is 18.0. The highest BCUT2D eigenvalue weighted by atomic mass is 35.6. The molecule has 0 saturated heterocycles. The molecule has 2 rings (SSSR count). The van der Waals surface area contributed by atoms with Crippen molar-refractivity contribution in [2.75, 3.05) is 19.5 Å². The molecule has 0 spiro atoms. The van der Waals surface area contributed by atoms with Gasteiger partial charge in [-0.15, -0.1) is 11.8 Å². The fourth-order valence-corrected chi connectivity index (χ4v) is 3.47. The zero-order valence-corrected chi connectivity index (χ0v) is 16.8. The number of halogens is 3. The van der Waals surface area contributed by atoms with Crippen LogP contribution in [0.5, 0.6) is 0 Å². The van der Waals surface area contributed by atoms with Gasteiger partial charge >= 0.3 is 12.1 Å². The number of thioether (sulfide) groups is 1. The number of carbonyl (C=O) groups excluding carboxylic acids is 3. The summed E-state index contributed by atoms with van der Waals surface area (Å²) in [6.45, 7) is 1.29. The lowest BCUT2D eigenvalue weighted by atomic mass is 9.96. The van der Waals surface area contributed by atoms with E-state index < -0.39 is 28.4 Å². The fourth-order valence-electron chi connectivity index (χ4n) is 2.29. The Labute approximate surface area is 169 Å². The van der Waals surface area contributed by atoms with E-state index in [1.165, 1.54) is 31.3 Å². The molecule has 2 aliphatic heterocycles. The predicted octanol–water partition coefficient (Wildman–Crippen LogP) is 3.09. The molecule has 7 nitrogen and oxygen atoms in total. The first-order chi connectivity index (χ1) is 12.1. The normalized spacial score (nSPS) is 20.5. The van der Waals surface area contributed by atoms with Crippen molar-refractivity contribution in [3.8, 4) is 0 Å². The lowest BCUT2D eigenvalue weighted by Gasteiger charge is -2.28. The van der Waals surface area contributed by atoms with Gasteiger partial charge in [-0.2, -0.15) is 0 Å². The first kappa shape index (κ1) is 21.0. The molecule has 0 fully saturated rings. The Morgan fingerprint density at radius 1 is 1.42 bits per heavy atom. The van der Waals surface area contributed by atoms with E-state index in [1.807, 2.05) is 0 Å². The van der Waals surface area contributed by atoms with Gasteiger partial charge in [-0.25, -0.2) is 9.59 Å². The Morgan fingerprint density at radius 2 is 2.12 bits per heavy atom. The van der Waals surface area contributed by atoms with E-state index >= 15 is 0 Å². The molecular formula is C15H15Cl3N2O5S. The van der Waals surface area contributed by atoms with E-state index in [0.29, 0.717) is 5.70 Å². The largest absolute Gasteiger partial charge is 0.466 e. The summed E-state index contributed by atoms with van der Waals surface area (Å²) in [5, 5.41) is 2.73. The molecule has 142 valence electrons. The van der Waals surface area contributed by atoms with Crippen LogP contribution in [-0.2, 0) is 19.1 Å². The number of ether oxygens (including phenoxy) is 2. The van der Waals surface area contributed by atoms with Crippen molar-refractivity contribution in [3.63, 3.8) is 0 Å². The standard InChI is InChI=1S/C15H15Cl3N2O5S/c1-8-12(26-6-11(21)19-8)9-3-4-20(5-10(9)13(22)24-2)14(23)25-7-15(16,17)18/h3-5,9H,6-7H2,1-2H3,(H,19,21). The van der Waals surface area contributed by atoms with Crippen molar-refractivity contribution in [3.05, 3.63) is 34.7 Å². The number of amides is 2. The van der Waals surface area contributed by atoms with E-state index in [-0.39, 0.29) is 17.2 Å². The number of allylic oxidation sites excluding steroid dienone is 3. The van der Waals surface area contributed by atoms with Crippen LogP contribution in [0.25, 0.3) is 0 Å². The van der Waals surface area contributed by atoms with Crippen molar-refractivity contribution in [1.29, 1.82) is 0 Å².